The summed E-state index contributed by atoms with van der Waals surface area (Å²) in [6, 6.07) is 12.5. The molecule has 1 fully saturated rings. The summed E-state index contributed by atoms with van der Waals surface area (Å²) < 4.78 is 27.6. The molecule has 1 aromatic carbocycles. The van der Waals surface area contributed by atoms with Gasteiger partial charge < -0.3 is 10.6 Å². The molecule has 29 heavy (non-hydrogen) atoms. The second-order valence-electron chi connectivity index (χ2n) is 6.91. The molecule has 0 bridgehead atoms. The summed E-state index contributed by atoms with van der Waals surface area (Å²) in [5, 5.41) is 6.94. The molecule has 3 rings (SSSR count). The number of amides is 2. The van der Waals surface area contributed by atoms with Crippen LogP contribution in [0.15, 0.2) is 52.1 Å². The van der Waals surface area contributed by atoms with Crippen LogP contribution in [0, 0.1) is 0 Å². The highest BCUT2D eigenvalue weighted by Crippen LogP contribution is 2.28. The lowest BCUT2D eigenvalue weighted by Crippen LogP contribution is -2.46. The number of benzene rings is 1. The van der Waals surface area contributed by atoms with Crippen LogP contribution in [0.3, 0.4) is 0 Å². The number of rotatable bonds is 7. The van der Waals surface area contributed by atoms with Gasteiger partial charge >= 0.3 is 11.8 Å². The Bertz CT molecular complexity index is 914. The summed E-state index contributed by atoms with van der Waals surface area (Å²) in [6.07, 6.45) is 3.00. The van der Waals surface area contributed by atoms with Gasteiger partial charge in [-0.15, -0.1) is 11.3 Å². The van der Waals surface area contributed by atoms with E-state index >= 15 is 0 Å². The summed E-state index contributed by atoms with van der Waals surface area (Å²) in [7, 11) is -3.51. The predicted molar refractivity (Wildman–Crippen MR) is 112 cm³/mol. The first-order valence-corrected chi connectivity index (χ1v) is 12.0. The van der Waals surface area contributed by atoms with Gasteiger partial charge in [-0.1, -0.05) is 42.8 Å². The lowest BCUT2D eigenvalue weighted by atomic mass is 10.0. The van der Waals surface area contributed by atoms with E-state index in [1.54, 1.807) is 21.8 Å². The SMILES string of the molecule is O=C(NCC[C@H]1CCCCN1S(=O)(=O)c1cccs1)C(=O)NCc1ccccc1. The van der Waals surface area contributed by atoms with Gasteiger partial charge in [-0.05, 0) is 36.3 Å². The van der Waals surface area contributed by atoms with E-state index in [0.717, 1.165) is 24.8 Å². The van der Waals surface area contributed by atoms with Crippen LogP contribution in [0.25, 0.3) is 0 Å². The molecule has 2 N–H and O–H groups in total. The molecular formula is C20H25N3O4S2. The number of nitrogens with one attached hydrogen (secondary N) is 2. The highest BCUT2D eigenvalue weighted by Gasteiger charge is 2.33. The summed E-state index contributed by atoms with van der Waals surface area (Å²) in [4.78, 5) is 24.0. The fourth-order valence-corrected chi connectivity index (χ4v) is 6.24. The molecule has 2 heterocycles. The fraction of sp³-hybridized carbons (Fsp3) is 0.400. The number of thiophene rings is 1. The summed E-state index contributed by atoms with van der Waals surface area (Å²) >= 11 is 1.21. The normalized spacial score (nSPS) is 17.6. The highest BCUT2D eigenvalue weighted by atomic mass is 32.2. The maximum absolute atomic E-state index is 12.9. The van der Waals surface area contributed by atoms with Gasteiger partial charge in [-0.3, -0.25) is 9.59 Å². The van der Waals surface area contributed by atoms with Crippen LogP contribution in [0.2, 0.25) is 0 Å². The Kier molecular flexibility index (Phi) is 7.40. The van der Waals surface area contributed by atoms with Crippen LogP contribution in [0.5, 0.6) is 0 Å². The average Bonchev–Trinajstić information content (AvgIpc) is 3.29. The molecule has 2 aromatic rings. The number of carbonyl (C=O) groups excluding carboxylic acids is 2. The Morgan fingerprint density at radius 3 is 2.52 bits per heavy atom. The monoisotopic (exact) mass is 435 g/mol. The minimum atomic E-state index is -3.51. The highest BCUT2D eigenvalue weighted by molar-refractivity contribution is 7.91. The molecule has 9 heteroatoms. The van der Waals surface area contributed by atoms with Gasteiger partial charge in [-0.2, -0.15) is 4.31 Å². The Balaban J connectivity index is 1.49. The molecular weight excluding hydrogens is 410 g/mol. The number of sulfonamides is 1. The van der Waals surface area contributed by atoms with Crippen molar-refractivity contribution in [2.75, 3.05) is 13.1 Å². The van der Waals surface area contributed by atoms with Crippen LogP contribution in [0.4, 0.5) is 0 Å². The minimum Gasteiger partial charge on any atom is -0.348 e. The number of piperidine rings is 1. The molecule has 0 saturated carbocycles. The first kappa shape index (κ1) is 21.5. The lowest BCUT2D eigenvalue weighted by molar-refractivity contribution is -0.139. The predicted octanol–water partition coefficient (Wildman–Crippen LogP) is 2.11. The molecule has 1 aliphatic rings. The smallest absolute Gasteiger partial charge is 0.309 e. The van der Waals surface area contributed by atoms with Gasteiger partial charge in [0.1, 0.15) is 4.21 Å². The van der Waals surface area contributed by atoms with Gasteiger partial charge in [0.25, 0.3) is 10.0 Å². The zero-order chi connectivity index (χ0) is 20.7. The fourth-order valence-electron chi connectivity index (χ4n) is 3.40. The Morgan fingerprint density at radius 1 is 1.03 bits per heavy atom. The zero-order valence-electron chi connectivity index (χ0n) is 16.0. The van der Waals surface area contributed by atoms with E-state index in [1.807, 2.05) is 30.3 Å². The molecule has 7 nitrogen and oxygen atoms in total. The van der Waals surface area contributed by atoms with E-state index in [4.69, 9.17) is 0 Å². The molecule has 156 valence electrons. The molecule has 1 aliphatic heterocycles. The van der Waals surface area contributed by atoms with Gasteiger partial charge in [0.15, 0.2) is 0 Å². The second kappa shape index (κ2) is 10.00. The molecule has 1 atom stereocenters. The standard InChI is InChI=1S/C20H25N3O4S2/c24-19(20(25)22-15-16-7-2-1-3-8-16)21-12-11-17-9-4-5-13-23(17)29(26,27)18-10-6-14-28-18/h1-3,6-8,10,14,17H,4-5,9,11-13,15H2,(H,21,24)(H,22,25)/t17-/m1/s1. The molecule has 1 aromatic heterocycles. The van der Waals surface area contributed by atoms with Gasteiger partial charge in [0.05, 0.1) is 0 Å². The lowest BCUT2D eigenvalue weighted by Gasteiger charge is -2.34. The van der Waals surface area contributed by atoms with Crippen LogP contribution in [-0.4, -0.2) is 43.7 Å². The van der Waals surface area contributed by atoms with Crippen molar-refractivity contribution < 1.29 is 18.0 Å². The van der Waals surface area contributed by atoms with Crippen molar-refractivity contribution in [1.82, 2.24) is 14.9 Å². The van der Waals surface area contributed by atoms with E-state index in [9.17, 15) is 18.0 Å². The maximum Gasteiger partial charge on any atom is 0.309 e. The van der Waals surface area contributed by atoms with E-state index in [0.29, 0.717) is 17.2 Å². The maximum atomic E-state index is 12.9. The average molecular weight is 436 g/mol. The molecule has 0 spiro atoms. The van der Waals surface area contributed by atoms with Gasteiger partial charge in [-0.25, -0.2) is 8.42 Å². The molecule has 0 radical (unpaired) electrons. The van der Waals surface area contributed by atoms with Crippen LogP contribution < -0.4 is 10.6 Å². The molecule has 1 saturated heterocycles. The first-order valence-electron chi connectivity index (χ1n) is 9.64. The van der Waals surface area contributed by atoms with Crippen molar-refractivity contribution in [1.29, 1.82) is 0 Å². The Morgan fingerprint density at radius 2 is 1.79 bits per heavy atom. The first-order chi connectivity index (χ1) is 14.0. The third kappa shape index (κ3) is 5.65. The van der Waals surface area contributed by atoms with E-state index in [-0.39, 0.29) is 19.1 Å². The second-order valence-corrected chi connectivity index (χ2v) is 9.98. The Hall–Kier alpha value is -2.23. The third-order valence-corrected chi connectivity index (χ3v) is 8.22. The summed E-state index contributed by atoms with van der Waals surface area (Å²) in [5.41, 5.74) is 0.908. The third-order valence-electron chi connectivity index (χ3n) is 4.90. The number of nitrogens with zero attached hydrogens (tertiary/aromatic N) is 1. The summed E-state index contributed by atoms with van der Waals surface area (Å²) in [6.45, 7) is 1.01. The van der Waals surface area contributed by atoms with Crippen LogP contribution in [0.1, 0.15) is 31.2 Å². The van der Waals surface area contributed by atoms with Crippen LogP contribution >= 0.6 is 11.3 Å². The number of hydrogen-bond donors (Lipinski definition) is 2. The minimum absolute atomic E-state index is 0.177. The van der Waals surface area contributed by atoms with Crippen molar-refractivity contribution in [2.24, 2.45) is 0 Å². The van der Waals surface area contributed by atoms with E-state index in [2.05, 4.69) is 10.6 Å². The molecule has 0 aliphatic carbocycles. The van der Waals surface area contributed by atoms with E-state index in [1.165, 1.54) is 11.3 Å². The van der Waals surface area contributed by atoms with Crippen molar-refractivity contribution in [3.63, 3.8) is 0 Å². The van der Waals surface area contributed by atoms with Gasteiger partial charge in [0, 0.05) is 25.7 Å². The largest absolute Gasteiger partial charge is 0.348 e. The topological polar surface area (TPSA) is 95.6 Å². The van der Waals surface area contributed by atoms with E-state index < -0.39 is 21.8 Å². The van der Waals surface area contributed by atoms with Crippen molar-refractivity contribution >= 4 is 33.2 Å². The Labute approximate surface area is 175 Å². The zero-order valence-corrected chi connectivity index (χ0v) is 17.7. The number of carbonyl (C=O) groups is 2. The van der Waals surface area contributed by atoms with Crippen molar-refractivity contribution in [3.05, 3.63) is 53.4 Å². The quantitative estimate of drug-likeness (QED) is 0.651. The summed E-state index contributed by atoms with van der Waals surface area (Å²) in [5.74, 6) is -1.40. The van der Waals surface area contributed by atoms with Crippen LogP contribution in [-0.2, 0) is 26.2 Å². The molecule has 2 amide bonds. The van der Waals surface area contributed by atoms with Crippen molar-refractivity contribution in [2.45, 2.75) is 42.5 Å². The number of hydrogen-bond acceptors (Lipinski definition) is 5. The van der Waals surface area contributed by atoms with Crippen molar-refractivity contribution in [3.8, 4) is 0 Å². The molecule has 0 unspecified atom stereocenters. The van der Waals surface area contributed by atoms with Gasteiger partial charge in [0.2, 0.25) is 0 Å².